The highest BCUT2D eigenvalue weighted by atomic mass is 15.1. The fourth-order valence-electron chi connectivity index (χ4n) is 1.85. The van der Waals surface area contributed by atoms with E-state index in [0.29, 0.717) is 6.04 Å². The molecule has 1 rings (SSSR count). The van der Waals surface area contributed by atoms with E-state index in [1.807, 2.05) is 19.4 Å². The van der Waals surface area contributed by atoms with Gasteiger partial charge in [-0.05, 0) is 19.8 Å². The first-order valence-electron chi connectivity index (χ1n) is 5.48. The predicted octanol–water partition coefficient (Wildman–Crippen LogP) is 2.65. The van der Waals surface area contributed by atoms with Crippen molar-refractivity contribution in [2.75, 3.05) is 0 Å². The molecule has 0 aliphatic carbocycles. The third-order valence-corrected chi connectivity index (χ3v) is 2.65. The molecular formula is C11H21N3. The van der Waals surface area contributed by atoms with E-state index >= 15 is 0 Å². The quantitative estimate of drug-likeness (QED) is 0.785. The van der Waals surface area contributed by atoms with E-state index in [1.165, 1.54) is 12.8 Å². The van der Waals surface area contributed by atoms with Crippen molar-refractivity contribution in [2.24, 2.45) is 5.73 Å². The van der Waals surface area contributed by atoms with Crippen LogP contribution in [0.4, 0.5) is 0 Å². The minimum Gasteiger partial charge on any atom is -0.330 e. The van der Waals surface area contributed by atoms with Crippen molar-refractivity contribution in [3.05, 3.63) is 18.2 Å². The summed E-state index contributed by atoms with van der Waals surface area (Å²) in [7, 11) is 0. The molecule has 2 unspecified atom stereocenters. The van der Waals surface area contributed by atoms with Gasteiger partial charge in [0.05, 0.1) is 12.0 Å². The third kappa shape index (κ3) is 2.35. The summed E-state index contributed by atoms with van der Waals surface area (Å²) in [5.74, 6) is 0. The summed E-state index contributed by atoms with van der Waals surface area (Å²) in [6.07, 6.45) is 7.33. The van der Waals surface area contributed by atoms with Gasteiger partial charge in [-0.2, -0.15) is 0 Å². The Labute approximate surface area is 86.3 Å². The van der Waals surface area contributed by atoms with E-state index in [4.69, 9.17) is 5.73 Å². The van der Waals surface area contributed by atoms with Crippen molar-refractivity contribution in [1.82, 2.24) is 9.55 Å². The highest BCUT2D eigenvalue weighted by molar-refractivity contribution is 5.04. The van der Waals surface area contributed by atoms with Crippen LogP contribution < -0.4 is 5.73 Å². The second kappa shape index (κ2) is 5.15. The van der Waals surface area contributed by atoms with Crippen LogP contribution in [0.5, 0.6) is 0 Å². The minimum atomic E-state index is 0.0726. The maximum absolute atomic E-state index is 5.89. The number of rotatable bonds is 5. The number of imidazole rings is 1. The molecule has 80 valence electrons. The Hall–Kier alpha value is -0.830. The number of hydrogen-bond donors (Lipinski definition) is 1. The molecule has 0 radical (unpaired) electrons. The molecule has 0 spiro atoms. The lowest BCUT2D eigenvalue weighted by Gasteiger charge is -2.20. The molecule has 0 aromatic carbocycles. The molecule has 1 heterocycles. The standard InChI is InChI=1S/C11H21N3/c1-4-6-10(5-2)14-8-13-7-11(14)9(3)12/h7-10H,4-6,12H2,1-3H3. The number of hydrogen-bond acceptors (Lipinski definition) is 2. The van der Waals surface area contributed by atoms with Crippen LogP contribution in [0, 0.1) is 0 Å². The van der Waals surface area contributed by atoms with Gasteiger partial charge in [0, 0.05) is 18.3 Å². The van der Waals surface area contributed by atoms with Crippen molar-refractivity contribution < 1.29 is 0 Å². The lowest BCUT2D eigenvalue weighted by atomic mass is 10.1. The molecule has 3 nitrogen and oxygen atoms in total. The summed E-state index contributed by atoms with van der Waals surface area (Å²) in [6, 6.07) is 0.631. The summed E-state index contributed by atoms with van der Waals surface area (Å²) < 4.78 is 2.23. The Morgan fingerprint density at radius 1 is 1.50 bits per heavy atom. The van der Waals surface area contributed by atoms with Crippen LogP contribution in [0.2, 0.25) is 0 Å². The number of nitrogens with two attached hydrogens (primary N) is 1. The van der Waals surface area contributed by atoms with E-state index in [9.17, 15) is 0 Å². The van der Waals surface area contributed by atoms with Crippen LogP contribution >= 0.6 is 0 Å². The van der Waals surface area contributed by atoms with Gasteiger partial charge in [-0.1, -0.05) is 20.3 Å². The van der Waals surface area contributed by atoms with Crippen molar-refractivity contribution >= 4 is 0 Å². The number of nitrogens with zero attached hydrogens (tertiary/aromatic N) is 2. The van der Waals surface area contributed by atoms with Crippen LogP contribution in [0.3, 0.4) is 0 Å². The van der Waals surface area contributed by atoms with E-state index in [-0.39, 0.29) is 6.04 Å². The molecule has 0 saturated carbocycles. The molecule has 0 aliphatic rings. The van der Waals surface area contributed by atoms with Gasteiger partial charge < -0.3 is 10.3 Å². The first kappa shape index (κ1) is 11.2. The van der Waals surface area contributed by atoms with E-state index in [0.717, 1.165) is 12.1 Å². The van der Waals surface area contributed by atoms with Crippen LogP contribution in [0.25, 0.3) is 0 Å². The normalized spacial score (nSPS) is 15.4. The summed E-state index contributed by atoms with van der Waals surface area (Å²) in [6.45, 7) is 6.43. The summed E-state index contributed by atoms with van der Waals surface area (Å²) in [4.78, 5) is 4.18. The first-order chi connectivity index (χ1) is 6.70. The van der Waals surface area contributed by atoms with Gasteiger partial charge >= 0.3 is 0 Å². The zero-order chi connectivity index (χ0) is 10.6. The van der Waals surface area contributed by atoms with E-state index in [2.05, 4.69) is 23.4 Å². The smallest absolute Gasteiger partial charge is 0.0951 e. The summed E-state index contributed by atoms with van der Waals surface area (Å²) in [5, 5.41) is 0. The predicted molar refractivity (Wildman–Crippen MR) is 59.1 cm³/mol. The van der Waals surface area contributed by atoms with E-state index in [1.54, 1.807) is 0 Å². The second-order valence-corrected chi connectivity index (χ2v) is 3.87. The SMILES string of the molecule is CCCC(CC)n1cncc1C(C)N. The molecule has 0 bridgehead atoms. The summed E-state index contributed by atoms with van der Waals surface area (Å²) >= 11 is 0. The lowest BCUT2D eigenvalue weighted by Crippen LogP contribution is -2.16. The zero-order valence-electron chi connectivity index (χ0n) is 9.40. The first-order valence-corrected chi connectivity index (χ1v) is 5.48. The Morgan fingerprint density at radius 2 is 2.21 bits per heavy atom. The molecule has 3 heteroatoms. The molecule has 2 N–H and O–H groups in total. The highest BCUT2D eigenvalue weighted by Crippen LogP contribution is 2.22. The lowest BCUT2D eigenvalue weighted by molar-refractivity contribution is 0.428. The molecule has 2 atom stereocenters. The van der Waals surface area contributed by atoms with Gasteiger partial charge in [0.25, 0.3) is 0 Å². The summed E-state index contributed by atoms with van der Waals surface area (Å²) in [5.41, 5.74) is 7.03. The van der Waals surface area contributed by atoms with Crippen molar-refractivity contribution in [3.8, 4) is 0 Å². The molecule has 0 saturated heterocycles. The third-order valence-electron chi connectivity index (χ3n) is 2.65. The molecular weight excluding hydrogens is 174 g/mol. The topological polar surface area (TPSA) is 43.8 Å². The van der Waals surface area contributed by atoms with Gasteiger partial charge in [0.1, 0.15) is 0 Å². The molecule has 14 heavy (non-hydrogen) atoms. The second-order valence-electron chi connectivity index (χ2n) is 3.87. The van der Waals surface area contributed by atoms with Crippen molar-refractivity contribution in [2.45, 2.75) is 52.1 Å². The van der Waals surface area contributed by atoms with Gasteiger partial charge in [-0.3, -0.25) is 0 Å². The van der Waals surface area contributed by atoms with E-state index < -0.39 is 0 Å². The zero-order valence-corrected chi connectivity index (χ0v) is 9.40. The Balaban J connectivity index is 2.86. The van der Waals surface area contributed by atoms with Crippen LogP contribution in [-0.2, 0) is 0 Å². The van der Waals surface area contributed by atoms with Gasteiger partial charge in [-0.15, -0.1) is 0 Å². The van der Waals surface area contributed by atoms with Crippen LogP contribution in [0.1, 0.15) is 57.8 Å². The molecule has 0 aliphatic heterocycles. The molecule has 0 amide bonds. The van der Waals surface area contributed by atoms with Gasteiger partial charge in [0.15, 0.2) is 0 Å². The minimum absolute atomic E-state index is 0.0726. The molecule has 1 aromatic rings. The average Bonchev–Trinajstić information content (AvgIpc) is 2.62. The van der Waals surface area contributed by atoms with Crippen molar-refractivity contribution in [1.29, 1.82) is 0 Å². The molecule has 1 aromatic heterocycles. The highest BCUT2D eigenvalue weighted by Gasteiger charge is 2.13. The fraction of sp³-hybridized carbons (Fsp3) is 0.727. The van der Waals surface area contributed by atoms with Gasteiger partial charge in [0.2, 0.25) is 0 Å². The fourth-order valence-corrected chi connectivity index (χ4v) is 1.85. The average molecular weight is 195 g/mol. The Bertz CT molecular complexity index is 265. The Kier molecular flexibility index (Phi) is 4.14. The van der Waals surface area contributed by atoms with Crippen molar-refractivity contribution in [3.63, 3.8) is 0 Å². The monoisotopic (exact) mass is 195 g/mol. The Morgan fingerprint density at radius 3 is 2.71 bits per heavy atom. The maximum Gasteiger partial charge on any atom is 0.0951 e. The van der Waals surface area contributed by atoms with Gasteiger partial charge in [-0.25, -0.2) is 4.98 Å². The van der Waals surface area contributed by atoms with Crippen LogP contribution in [0.15, 0.2) is 12.5 Å². The number of aromatic nitrogens is 2. The molecule has 0 fully saturated rings. The maximum atomic E-state index is 5.89. The largest absolute Gasteiger partial charge is 0.330 e. The van der Waals surface area contributed by atoms with Crippen LogP contribution in [-0.4, -0.2) is 9.55 Å².